The van der Waals surface area contributed by atoms with Crippen molar-refractivity contribution in [1.29, 1.82) is 0 Å². The number of benzene rings is 1. The van der Waals surface area contributed by atoms with E-state index in [1.807, 2.05) is 6.92 Å². The molecule has 1 aromatic rings. The van der Waals surface area contributed by atoms with Crippen molar-refractivity contribution in [3.63, 3.8) is 0 Å². The van der Waals surface area contributed by atoms with Gasteiger partial charge in [-0.15, -0.1) is 0 Å². The molecule has 0 saturated carbocycles. The molecule has 1 atom stereocenters. The van der Waals surface area contributed by atoms with Gasteiger partial charge in [0.25, 0.3) is 0 Å². The van der Waals surface area contributed by atoms with Crippen LogP contribution in [-0.2, 0) is 15.3 Å². The van der Waals surface area contributed by atoms with E-state index in [-0.39, 0.29) is 16.8 Å². The number of rotatable bonds is 7. The Bertz CT molecular complexity index is 525. The number of halogens is 4. The summed E-state index contributed by atoms with van der Waals surface area (Å²) in [5.74, 6) is 0.624. The Morgan fingerprint density at radius 2 is 2.00 bits per heavy atom. The van der Waals surface area contributed by atoms with E-state index in [0.717, 1.165) is 36.0 Å². The topological polar surface area (TPSA) is 35.5 Å². The van der Waals surface area contributed by atoms with Gasteiger partial charge in [-0.2, -0.15) is 13.2 Å². The maximum Gasteiger partial charge on any atom is 0.440 e. The summed E-state index contributed by atoms with van der Waals surface area (Å²) >= 11 is 4.03. The Kier molecular flexibility index (Phi) is 7.10. The van der Waals surface area contributed by atoms with Crippen molar-refractivity contribution in [2.24, 2.45) is 0 Å². The van der Waals surface area contributed by atoms with E-state index < -0.39 is 18.5 Å². The molecule has 120 valence electrons. The third kappa shape index (κ3) is 5.85. The van der Waals surface area contributed by atoms with Crippen molar-refractivity contribution in [2.75, 3.05) is 12.4 Å². The first-order valence-corrected chi connectivity index (χ1v) is 10.1. The van der Waals surface area contributed by atoms with E-state index in [0.29, 0.717) is 5.75 Å². The quantitative estimate of drug-likeness (QED) is 0.509. The second kappa shape index (κ2) is 7.90. The first-order valence-electron chi connectivity index (χ1n) is 6.17. The number of alkyl halides is 3. The lowest BCUT2D eigenvalue weighted by Crippen LogP contribution is -2.05. The largest absolute Gasteiger partial charge is 0.440 e. The van der Waals surface area contributed by atoms with Crippen LogP contribution in [0, 0.1) is 0 Å². The van der Waals surface area contributed by atoms with Crippen molar-refractivity contribution in [3.05, 3.63) is 28.2 Å². The van der Waals surface area contributed by atoms with Gasteiger partial charge in [-0.1, -0.05) is 6.92 Å². The molecule has 0 radical (unpaired) electrons. The SMILES string of the molecule is CCCSP(=O)(OCC)Oc1ccc(C(F)(F)F)cc1Br. The summed E-state index contributed by atoms with van der Waals surface area (Å²) in [7, 11) is 0. The molecule has 0 amide bonds. The summed E-state index contributed by atoms with van der Waals surface area (Å²) in [6.45, 7) is 0.337. The van der Waals surface area contributed by atoms with Crippen LogP contribution in [0.2, 0.25) is 0 Å². The average molecular weight is 407 g/mol. The third-order valence-corrected chi connectivity index (χ3v) is 6.77. The molecule has 0 aliphatic rings. The fourth-order valence-corrected chi connectivity index (χ4v) is 5.37. The molecule has 3 nitrogen and oxygen atoms in total. The molecule has 1 unspecified atom stereocenters. The van der Waals surface area contributed by atoms with Crippen LogP contribution in [0.15, 0.2) is 22.7 Å². The Hall–Kier alpha value is -0.170. The van der Waals surface area contributed by atoms with Gasteiger partial charge in [0.1, 0.15) is 5.75 Å². The molecular weight excluding hydrogens is 392 g/mol. The summed E-state index contributed by atoms with van der Waals surface area (Å²) in [5.41, 5.74) is -0.811. The van der Waals surface area contributed by atoms with Crippen LogP contribution in [0.5, 0.6) is 5.75 Å². The van der Waals surface area contributed by atoms with E-state index in [1.165, 1.54) is 0 Å². The highest BCUT2D eigenvalue weighted by atomic mass is 79.9. The van der Waals surface area contributed by atoms with Gasteiger partial charge in [-0.05, 0) is 58.9 Å². The fraction of sp³-hybridized carbons (Fsp3) is 0.500. The van der Waals surface area contributed by atoms with Crippen molar-refractivity contribution >= 4 is 34.1 Å². The second-order valence-electron chi connectivity index (χ2n) is 3.93. The second-order valence-corrected chi connectivity index (χ2v) is 8.90. The molecule has 0 aliphatic carbocycles. The van der Waals surface area contributed by atoms with Gasteiger partial charge in [0.2, 0.25) is 0 Å². The Balaban J connectivity index is 2.97. The van der Waals surface area contributed by atoms with Gasteiger partial charge in [-0.25, -0.2) is 4.57 Å². The van der Waals surface area contributed by atoms with Crippen LogP contribution in [0.25, 0.3) is 0 Å². The van der Waals surface area contributed by atoms with Crippen LogP contribution in [0.4, 0.5) is 13.2 Å². The molecule has 0 saturated heterocycles. The van der Waals surface area contributed by atoms with E-state index in [9.17, 15) is 17.7 Å². The minimum Gasteiger partial charge on any atom is -0.416 e. The summed E-state index contributed by atoms with van der Waals surface area (Å²) in [6, 6.07) is 2.89. The summed E-state index contributed by atoms with van der Waals surface area (Å²) in [4.78, 5) is 0. The van der Waals surface area contributed by atoms with Crippen LogP contribution < -0.4 is 4.52 Å². The first-order chi connectivity index (χ1) is 9.72. The molecule has 0 heterocycles. The minimum absolute atomic E-state index is 0.0587. The maximum atomic E-state index is 12.6. The standard InChI is InChI=1S/C12H15BrF3O3PS/c1-3-7-21-20(17,18-4-2)19-11-6-5-9(8-10(11)13)12(14,15)16/h5-6,8H,3-4,7H2,1-2H3. The van der Waals surface area contributed by atoms with E-state index >= 15 is 0 Å². The number of hydrogen-bond acceptors (Lipinski definition) is 4. The summed E-state index contributed by atoms with van der Waals surface area (Å²) in [6.07, 6.45) is -3.67. The molecule has 0 spiro atoms. The number of hydrogen-bond donors (Lipinski definition) is 0. The Labute approximate surface area is 134 Å². The zero-order valence-electron chi connectivity index (χ0n) is 11.4. The highest BCUT2D eigenvalue weighted by molar-refractivity contribution is 9.10. The highest BCUT2D eigenvalue weighted by Gasteiger charge is 2.32. The highest BCUT2D eigenvalue weighted by Crippen LogP contribution is 2.61. The summed E-state index contributed by atoms with van der Waals surface area (Å²) in [5, 5.41) is 0. The normalized spacial score (nSPS) is 14.8. The predicted octanol–water partition coefficient (Wildman–Crippen LogP) is 6.13. The van der Waals surface area contributed by atoms with Crippen molar-refractivity contribution in [2.45, 2.75) is 26.4 Å². The van der Waals surface area contributed by atoms with Gasteiger partial charge < -0.3 is 4.52 Å². The monoisotopic (exact) mass is 406 g/mol. The smallest absolute Gasteiger partial charge is 0.416 e. The maximum absolute atomic E-state index is 12.6. The van der Waals surface area contributed by atoms with Crippen LogP contribution in [-0.4, -0.2) is 12.4 Å². The lowest BCUT2D eigenvalue weighted by Gasteiger charge is -2.18. The predicted molar refractivity (Wildman–Crippen MR) is 81.8 cm³/mol. The van der Waals surface area contributed by atoms with Crippen LogP contribution in [0.3, 0.4) is 0 Å². The molecule has 21 heavy (non-hydrogen) atoms. The summed E-state index contributed by atoms with van der Waals surface area (Å²) < 4.78 is 60.7. The molecule has 0 N–H and O–H groups in total. The first kappa shape index (κ1) is 18.9. The molecule has 9 heteroatoms. The molecule has 0 aromatic heterocycles. The van der Waals surface area contributed by atoms with Crippen molar-refractivity contribution < 1.29 is 26.8 Å². The van der Waals surface area contributed by atoms with Gasteiger partial charge >= 0.3 is 13.0 Å². The van der Waals surface area contributed by atoms with E-state index in [2.05, 4.69) is 15.9 Å². The molecule has 1 aromatic carbocycles. The lowest BCUT2D eigenvalue weighted by molar-refractivity contribution is -0.137. The van der Waals surface area contributed by atoms with Gasteiger partial charge in [0.15, 0.2) is 0 Å². The van der Waals surface area contributed by atoms with Gasteiger partial charge in [-0.3, -0.25) is 4.52 Å². The van der Waals surface area contributed by atoms with Crippen molar-refractivity contribution in [3.8, 4) is 5.75 Å². The molecular formula is C12H15BrF3O3PS. The Morgan fingerprint density at radius 1 is 1.33 bits per heavy atom. The average Bonchev–Trinajstić information content (AvgIpc) is 2.38. The van der Waals surface area contributed by atoms with Crippen molar-refractivity contribution in [1.82, 2.24) is 0 Å². The van der Waals surface area contributed by atoms with Gasteiger partial charge in [0, 0.05) is 5.75 Å². The lowest BCUT2D eigenvalue weighted by atomic mass is 10.2. The molecule has 0 bridgehead atoms. The molecule has 0 aliphatic heterocycles. The van der Waals surface area contributed by atoms with Crippen LogP contribution >= 0.6 is 34.1 Å². The fourth-order valence-electron chi connectivity index (χ4n) is 1.32. The zero-order valence-corrected chi connectivity index (χ0v) is 14.7. The van der Waals surface area contributed by atoms with E-state index in [4.69, 9.17) is 9.05 Å². The molecule has 0 fully saturated rings. The van der Waals surface area contributed by atoms with E-state index in [1.54, 1.807) is 6.92 Å². The third-order valence-electron chi connectivity index (χ3n) is 2.21. The van der Waals surface area contributed by atoms with Gasteiger partial charge in [0.05, 0.1) is 16.6 Å². The zero-order chi connectivity index (χ0) is 16.1. The minimum atomic E-state index is -4.44. The Morgan fingerprint density at radius 3 is 2.48 bits per heavy atom. The van der Waals surface area contributed by atoms with Crippen LogP contribution in [0.1, 0.15) is 25.8 Å². The molecule has 1 rings (SSSR count).